The molecular formula is C35H15F51. The second kappa shape index (κ2) is 21.0. The first-order chi connectivity index (χ1) is 36.5. The third-order valence-electron chi connectivity index (χ3n) is 11.9. The Morgan fingerprint density at radius 3 is 0.558 bits per heavy atom. The van der Waals surface area contributed by atoms with Gasteiger partial charge < -0.3 is 0 Å². The summed E-state index contributed by atoms with van der Waals surface area (Å²) in [5, 5.41) is 0. The van der Waals surface area contributed by atoms with Crippen LogP contribution >= 0.6 is 0 Å². The van der Waals surface area contributed by atoms with Crippen molar-refractivity contribution in [3.63, 3.8) is 0 Å². The van der Waals surface area contributed by atoms with Crippen LogP contribution in [0.2, 0.25) is 0 Å². The molecular weight excluding hydrogens is 1390 g/mol. The lowest BCUT2D eigenvalue weighted by Gasteiger charge is -2.43. The number of hydrogen-bond acceptors (Lipinski definition) is 0. The van der Waals surface area contributed by atoms with Gasteiger partial charge >= 0.3 is 143 Å². The van der Waals surface area contributed by atoms with E-state index in [0.717, 1.165) is 0 Å². The topological polar surface area (TPSA) is 0 Å². The summed E-state index contributed by atoms with van der Waals surface area (Å²) in [4.78, 5) is 0. The Labute approximate surface area is 435 Å². The molecule has 51 heteroatoms. The SMILES string of the molecule is FC(F)(F)C(F)(F)C(F)(F)C(F)(F)C(F)(F)C(F)(F)C(F)(F)C(F)(F)CCC1=CCC(CCC(F)(F)C(F)(F)C(F)(F)C(F)(F)C(F)(F)C(F)(F)C(F)(F)C(F)(F)F)=C1CCC(F)(F)C(F)(F)C(F)(F)C(F)(F)C(F)(F)C(F)(F)C(F)(F)C(F)(F)F. The van der Waals surface area contributed by atoms with Crippen LogP contribution in [0.3, 0.4) is 0 Å². The third kappa shape index (κ3) is 10.7. The van der Waals surface area contributed by atoms with Gasteiger partial charge in [0.1, 0.15) is 0 Å². The monoisotopic (exact) mass is 1400 g/mol. The fourth-order valence-electron chi connectivity index (χ4n) is 6.50. The minimum absolute atomic E-state index is 0.676. The molecule has 0 atom stereocenters. The Bertz CT molecular complexity index is 2480. The van der Waals surface area contributed by atoms with Crippen LogP contribution in [-0.4, -0.2) is 143 Å². The van der Waals surface area contributed by atoms with Gasteiger partial charge in [0.25, 0.3) is 0 Å². The van der Waals surface area contributed by atoms with E-state index in [4.69, 9.17) is 0 Å². The molecule has 1 aliphatic carbocycles. The average Bonchev–Trinajstić information content (AvgIpc) is 3.68. The molecule has 0 unspecified atom stereocenters. The second-order valence-electron chi connectivity index (χ2n) is 17.5. The Kier molecular flexibility index (Phi) is 19.5. The highest BCUT2D eigenvalue weighted by Crippen LogP contribution is 2.69. The number of allylic oxidation sites excluding steroid dienone is 4. The molecule has 0 amide bonds. The molecule has 0 radical (unpaired) electrons. The molecule has 0 aromatic rings. The molecule has 0 saturated carbocycles. The zero-order valence-corrected chi connectivity index (χ0v) is 38.3. The molecule has 0 N–H and O–H groups in total. The molecule has 1 aliphatic rings. The summed E-state index contributed by atoms with van der Waals surface area (Å²) in [7, 11) is 0. The zero-order chi connectivity index (χ0) is 70.4. The van der Waals surface area contributed by atoms with E-state index < -0.39 is 211 Å². The second-order valence-corrected chi connectivity index (χ2v) is 17.5. The summed E-state index contributed by atoms with van der Waals surface area (Å²) in [5.41, 5.74) is -7.47. The quantitative estimate of drug-likeness (QED) is 0.0719. The van der Waals surface area contributed by atoms with Gasteiger partial charge in [0, 0.05) is 19.3 Å². The van der Waals surface area contributed by atoms with Gasteiger partial charge in [-0.3, -0.25) is 0 Å². The van der Waals surface area contributed by atoms with E-state index in [1.54, 1.807) is 0 Å². The zero-order valence-electron chi connectivity index (χ0n) is 38.3. The molecule has 0 aromatic heterocycles. The highest BCUT2D eigenvalue weighted by Gasteiger charge is 2.98. The van der Waals surface area contributed by atoms with Gasteiger partial charge in [-0.25, -0.2) is 0 Å². The predicted molar refractivity (Wildman–Crippen MR) is 169 cm³/mol. The summed E-state index contributed by atoms with van der Waals surface area (Å²) < 4.78 is 702. The van der Waals surface area contributed by atoms with E-state index >= 15 is 0 Å². The van der Waals surface area contributed by atoms with Gasteiger partial charge in [0.2, 0.25) is 0 Å². The van der Waals surface area contributed by atoms with Crippen molar-refractivity contribution in [2.24, 2.45) is 0 Å². The van der Waals surface area contributed by atoms with E-state index in [1.807, 2.05) is 0 Å². The molecule has 0 aromatic carbocycles. The van der Waals surface area contributed by atoms with Crippen LogP contribution in [0.4, 0.5) is 224 Å². The van der Waals surface area contributed by atoms with Crippen LogP contribution in [0.25, 0.3) is 0 Å². The minimum atomic E-state index is -9.52. The maximum absolute atomic E-state index is 14.9. The van der Waals surface area contributed by atoms with Crippen molar-refractivity contribution in [3.8, 4) is 0 Å². The number of alkyl halides is 51. The van der Waals surface area contributed by atoms with Gasteiger partial charge in [-0.15, -0.1) is 0 Å². The summed E-state index contributed by atoms with van der Waals surface area (Å²) in [6, 6.07) is 0. The third-order valence-corrected chi connectivity index (χ3v) is 11.9. The lowest BCUT2D eigenvalue weighted by Crippen LogP contribution is -2.74. The summed E-state index contributed by atoms with van der Waals surface area (Å²) in [6.45, 7) is 0. The number of hydrogen-bond donors (Lipinski definition) is 0. The van der Waals surface area contributed by atoms with Crippen LogP contribution in [0, 0.1) is 0 Å². The Morgan fingerprint density at radius 2 is 0.360 bits per heavy atom. The summed E-state index contributed by atoms with van der Waals surface area (Å²) in [5.74, 6) is -189. The van der Waals surface area contributed by atoms with E-state index in [9.17, 15) is 224 Å². The van der Waals surface area contributed by atoms with Crippen LogP contribution < -0.4 is 0 Å². The molecule has 0 saturated heterocycles. The van der Waals surface area contributed by atoms with Crippen molar-refractivity contribution < 1.29 is 224 Å². The number of halogens is 51. The fourth-order valence-corrected chi connectivity index (χ4v) is 6.50. The maximum atomic E-state index is 14.9. The molecule has 0 spiro atoms. The van der Waals surface area contributed by atoms with E-state index in [2.05, 4.69) is 0 Å². The highest BCUT2D eigenvalue weighted by atomic mass is 19.5. The Balaban J connectivity index is 4.27. The Hall–Kier alpha value is -4.09. The molecule has 1 rings (SSSR count). The normalized spacial score (nSPS) is 17.7. The van der Waals surface area contributed by atoms with Crippen molar-refractivity contribution in [2.75, 3.05) is 0 Å². The van der Waals surface area contributed by atoms with Gasteiger partial charge in [-0.2, -0.15) is 224 Å². The number of rotatable bonds is 27. The van der Waals surface area contributed by atoms with Crippen LogP contribution in [0.15, 0.2) is 22.8 Å². The predicted octanol–water partition coefficient (Wildman–Crippen LogP) is 20.0. The summed E-state index contributed by atoms with van der Waals surface area (Å²) >= 11 is 0. The molecule has 0 aliphatic heterocycles. The molecule has 0 heterocycles. The van der Waals surface area contributed by atoms with Gasteiger partial charge in [0.05, 0.1) is 0 Å². The first kappa shape index (κ1) is 79.9. The smallest absolute Gasteiger partial charge is 0.200 e. The maximum Gasteiger partial charge on any atom is 0.460 e. The van der Waals surface area contributed by atoms with Gasteiger partial charge in [-0.05, 0) is 36.8 Å². The standard InChI is InChI=1S/C35H15F51/c36-12(37,15(42,43)18(48,49)21(54,55)24(60,61)27(66,67)30(72,73)33(78,79)80)6-3-9-1-2-10(4-7-13(38,39)16(44,45)19(50,51)22(56,57)25(62,63)28(68,69)31(74,75)34(81,82)83)11(9)5-8-14(40,41)17(46,47)20(52,53)23(58,59)26(64,65)29(70,71)32(76,77)35(84,85)86/h1H,2-8H2. The molecule has 512 valence electrons. The summed E-state index contributed by atoms with van der Waals surface area (Å²) in [6.07, 6.45) is -50.0. The van der Waals surface area contributed by atoms with E-state index in [-0.39, 0.29) is 0 Å². The van der Waals surface area contributed by atoms with E-state index in [1.165, 1.54) is 0 Å². The van der Waals surface area contributed by atoms with Crippen LogP contribution in [-0.2, 0) is 0 Å². The Morgan fingerprint density at radius 1 is 0.198 bits per heavy atom. The highest BCUT2D eigenvalue weighted by molar-refractivity contribution is 5.43. The van der Waals surface area contributed by atoms with E-state index in [0.29, 0.717) is 0 Å². The van der Waals surface area contributed by atoms with Crippen LogP contribution in [0.1, 0.15) is 44.9 Å². The lowest BCUT2D eigenvalue weighted by molar-refractivity contribution is -0.461. The van der Waals surface area contributed by atoms with Crippen molar-refractivity contribution >= 4 is 0 Å². The molecule has 86 heavy (non-hydrogen) atoms. The first-order valence-corrected chi connectivity index (χ1v) is 20.1. The minimum Gasteiger partial charge on any atom is -0.200 e. The van der Waals surface area contributed by atoms with Gasteiger partial charge in [-0.1, -0.05) is 11.6 Å². The van der Waals surface area contributed by atoms with Crippen molar-refractivity contribution in [2.45, 2.75) is 188 Å². The molecule has 0 nitrogen and oxygen atoms in total. The molecule has 0 bridgehead atoms. The van der Waals surface area contributed by atoms with Crippen molar-refractivity contribution in [1.82, 2.24) is 0 Å². The average molecular weight is 1400 g/mol. The lowest BCUT2D eigenvalue weighted by atomic mass is 9.85. The van der Waals surface area contributed by atoms with Crippen molar-refractivity contribution in [3.05, 3.63) is 22.8 Å². The fraction of sp³-hybridized carbons (Fsp3) is 0.886. The largest absolute Gasteiger partial charge is 0.460 e. The first-order valence-electron chi connectivity index (χ1n) is 20.1. The molecule has 0 fully saturated rings. The van der Waals surface area contributed by atoms with Crippen molar-refractivity contribution in [1.29, 1.82) is 0 Å². The van der Waals surface area contributed by atoms with Crippen LogP contribution in [0.5, 0.6) is 0 Å². The van der Waals surface area contributed by atoms with Gasteiger partial charge in [0.15, 0.2) is 0 Å².